The number of rotatable bonds is 8. The number of alkyl halides is 6. The zero-order valence-electron chi connectivity index (χ0n) is 52.1. The van der Waals surface area contributed by atoms with Gasteiger partial charge in [0.05, 0.1) is 0 Å². The molecule has 0 fully saturated rings. The molecule has 0 atom stereocenters. The van der Waals surface area contributed by atoms with Crippen molar-refractivity contribution in [2.24, 2.45) is 8.67 Å². The third kappa shape index (κ3) is 11.3. The number of hydrogen-bond acceptors (Lipinski definition) is 8. The van der Waals surface area contributed by atoms with Crippen molar-refractivity contribution in [1.29, 1.82) is 0 Å². The SMILES string of the molecule is Cc1cc(C)cc(-c2cc3ccccc3c3c2OP(=NS(=O)(=O)C(F)(F)F)(N=P2(NS(=O)(=O)C(F)(F)F)Oc4c(-c5cc(C)cc(C)c5)cc5ccccc5c4-c4c(c(-c5cc(C)cc(C)c5)cc5ccccc45)O2)Oc2c(-c4cc(C)cc(C)c4)cc4ccccc4c2-3)c1. The Morgan fingerprint density at radius 1 is 0.347 bits per heavy atom. The van der Waals surface area contributed by atoms with Gasteiger partial charge in [-0.1, -0.05) is 219 Å². The lowest BCUT2D eigenvalue weighted by Gasteiger charge is -2.29. The second-order valence-electron chi connectivity index (χ2n) is 24.4. The fourth-order valence-electron chi connectivity index (χ4n) is 13.3. The molecule has 95 heavy (non-hydrogen) atoms. The summed E-state index contributed by atoms with van der Waals surface area (Å²) < 4.78 is 195. The largest absolute Gasteiger partial charge is 0.518 e. The summed E-state index contributed by atoms with van der Waals surface area (Å²) in [4.78, 5) is 0. The van der Waals surface area contributed by atoms with E-state index in [1.165, 1.54) is 0 Å². The molecule has 12 aromatic carbocycles. The van der Waals surface area contributed by atoms with E-state index in [4.69, 9.17) is 22.6 Å². The van der Waals surface area contributed by atoms with E-state index in [9.17, 15) is 16.8 Å². The number of halogens is 6. The van der Waals surface area contributed by atoms with E-state index in [-0.39, 0.29) is 67.5 Å². The predicted octanol–water partition coefficient (Wildman–Crippen LogP) is 22.2. The highest BCUT2D eigenvalue weighted by molar-refractivity contribution is 7.97. The topological polar surface area (TPSA) is 142 Å². The summed E-state index contributed by atoms with van der Waals surface area (Å²) in [6.07, 6.45) is 0. The van der Waals surface area contributed by atoms with Crippen molar-refractivity contribution in [2.45, 2.75) is 66.4 Å². The zero-order chi connectivity index (χ0) is 67.1. The molecular formula is C74H57F6N3O8P2S2. The molecule has 21 heteroatoms. The lowest BCUT2D eigenvalue weighted by Crippen LogP contribution is -2.37. The van der Waals surface area contributed by atoms with Crippen LogP contribution in [0.3, 0.4) is 0 Å². The molecule has 0 unspecified atom stereocenters. The van der Waals surface area contributed by atoms with Crippen molar-refractivity contribution >= 4 is 78.5 Å². The molecule has 0 saturated carbocycles. The Morgan fingerprint density at radius 3 is 0.853 bits per heavy atom. The minimum Gasteiger partial charge on any atom is -0.417 e. The molecular weight excluding hydrogens is 1300 g/mol. The first kappa shape index (κ1) is 63.2. The van der Waals surface area contributed by atoms with Crippen LogP contribution < -0.4 is 22.6 Å². The van der Waals surface area contributed by atoms with Gasteiger partial charge < -0.3 is 18.1 Å². The average Bonchev–Trinajstić information content (AvgIpc) is 1.63. The number of fused-ring (bicyclic) bond motifs is 14. The maximum absolute atomic E-state index is 16.1. The first-order valence-electron chi connectivity index (χ1n) is 30.0. The van der Waals surface area contributed by atoms with E-state index in [2.05, 4.69) is 4.15 Å². The van der Waals surface area contributed by atoms with E-state index in [0.29, 0.717) is 87.6 Å². The van der Waals surface area contributed by atoms with E-state index >= 15 is 26.3 Å². The fourth-order valence-corrected chi connectivity index (χ4v) is 21.4. The third-order valence-corrected chi connectivity index (χ3v) is 25.1. The fraction of sp³-hybridized carbons (Fsp3) is 0.135. The Kier molecular flexibility index (Phi) is 15.1. The average molecular weight is 1360 g/mol. The van der Waals surface area contributed by atoms with Gasteiger partial charge in [0.15, 0.2) is 0 Å². The van der Waals surface area contributed by atoms with E-state index in [1.807, 2.05) is 79.7 Å². The Bertz CT molecular complexity index is 5320. The maximum atomic E-state index is 16.1. The van der Waals surface area contributed by atoms with Crippen LogP contribution in [0.1, 0.15) is 44.5 Å². The quantitative estimate of drug-likeness (QED) is 0.117. The molecule has 2 heterocycles. The highest BCUT2D eigenvalue weighted by atomic mass is 32.2. The standard InChI is InChI=1S/C74H57F6N3O8P2S2/c1-41-25-42(2)30-53(29-41)61-37-49-17-9-13-21-57(49)65-66-58-22-14-10-18-50(58)38-62(54-31-43(3)26-44(4)32-54)70(66)89-92(88-69(61)65,82-94(84,85)73(75,76)77)81-93(83-95(86,87)74(78,79)80)90-71-63(55-33-45(5)27-46(6)34-55)39-51-19-11-15-23-59(51)67(71)68-60-24-16-12-20-52(60)40-64(72(68)91-93)56-35-47(7)28-48(8)36-56/h9-40,82H,1-8H3. The summed E-state index contributed by atoms with van der Waals surface area (Å²) in [5.41, 5.74) is -4.25. The molecule has 0 saturated heterocycles. The second kappa shape index (κ2) is 22.7. The van der Waals surface area contributed by atoms with Gasteiger partial charge in [0.1, 0.15) is 23.0 Å². The molecule has 2 aliphatic rings. The zero-order valence-corrected chi connectivity index (χ0v) is 55.5. The van der Waals surface area contributed by atoms with Gasteiger partial charge in [-0.05, 0) is 145 Å². The Morgan fingerprint density at radius 2 is 0.600 bits per heavy atom. The van der Waals surface area contributed by atoms with Crippen LogP contribution in [0.15, 0.2) is 203 Å². The third-order valence-electron chi connectivity index (χ3n) is 16.8. The van der Waals surface area contributed by atoms with E-state index < -0.39 is 46.4 Å². The highest BCUT2D eigenvalue weighted by Crippen LogP contribution is 2.73. The lowest BCUT2D eigenvalue weighted by atomic mass is 9.86. The Hall–Kier alpha value is -9.22. The van der Waals surface area contributed by atoms with Crippen LogP contribution in [-0.4, -0.2) is 27.9 Å². The molecule has 0 bridgehead atoms. The molecule has 0 aliphatic carbocycles. The minimum atomic E-state index is -7.06. The van der Waals surface area contributed by atoms with Crippen molar-refractivity contribution in [1.82, 2.24) is 4.49 Å². The summed E-state index contributed by atoms with van der Waals surface area (Å²) in [7, 11) is -26.7. The van der Waals surface area contributed by atoms with Crippen molar-refractivity contribution in [3.8, 4) is 89.8 Å². The molecule has 1 N–H and O–H groups in total. The van der Waals surface area contributed by atoms with Crippen LogP contribution in [0.2, 0.25) is 0 Å². The predicted molar refractivity (Wildman–Crippen MR) is 368 cm³/mol. The molecule has 12 aromatic rings. The van der Waals surface area contributed by atoms with Gasteiger partial charge in [0.2, 0.25) is 0 Å². The molecule has 0 aromatic heterocycles. The van der Waals surface area contributed by atoms with Gasteiger partial charge in [0.25, 0.3) is 0 Å². The van der Waals surface area contributed by atoms with Crippen LogP contribution in [0.25, 0.3) is 110 Å². The number of nitrogens with one attached hydrogen (secondary N) is 1. The molecule has 0 amide bonds. The summed E-state index contributed by atoms with van der Waals surface area (Å²) in [6, 6.07) is 56.6. The van der Waals surface area contributed by atoms with Crippen LogP contribution in [0, 0.1) is 55.4 Å². The van der Waals surface area contributed by atoms with Gasteiger partial charge in [-0.3, -0.25) is 0 Å². The van der Waals surface area contributed by atoms with Crippen molar-refractivity contribution < 1.29 is 61.3 Å². The Labute approximate surface area is 544 Å². The minimum absolute atomic E-state index is 0.121. The summed E-state index contributed by atoms with van der Waals surface area (Å²) in [6.45, 7) is 14.6. The van der Waals surface area contributed by atoms with Gasteiger partial charge in [-0.2, -0.15) is 34.8 Å². The molecule has 0 spiro atoms. The molecule has 14 rings (SSSR count). The van der Waals surface area contributed by atoms with Gasteiger partial charge in [-0.15, -0.1) is 9.01 Å². The van der Waals surface area contributed by atoms with Crippen molar-refractivity contribution in [2.75, 3.05) is 0 Å². The van der Waals surface area contributed by atoms with E-state index in [1.54, 1.807) is 174 Å². The van der Waals surface area contributed by atoms with Gasteiger partial charge >= 0.3 is 46.4 Å². The lowest BCUT2D eigenvalue weighted by molar-refractivity contribution is -0.0445. The summed E-state index contributed by atoms with van der Waals surface area (Å²) in [5.74, 6) is -1.50. The first-order valence-corrected chi connectivity index (χ1v) is 36.0. The monoisotopic (exact) mass is 1360 g/mol. The van der Waals surface area contributed by atoms with E-state index in [0.717, 1.165) is 22.3 Å². The second-order valence-corrected chi connectivity index (χ2v) is 32.1. The van der Waals surface area contributed by atoms with Gasteiger partial charge in [-0.25, -0.2) is 8.42 Å². The number of benzene rings is 12. The first-order chi connectivity index (χ1) is 45.0. The molecule has 11 nitrogen and oxygen atoms in total. The number of hydrogen-bond donors (Lipinski definition) is 1. The van der Waals surface area contributed by atoms with Crippen molar-refractivity contribution in [3.63, 3.8) is 0 Å². The summed E-state index contributed by atoms with van der Waals surface area (Å²) in [5, 5.41) is 3.82. The number of sulfonamides is 2. The Balaban J connectivity index is 1.27. The number of nitrogens with zero attached hydrogens (tertiary/aromatic N) is 2. The summed E-state index contributed by atoms with van der Waals surface area (Å²) >= 11 is 0. The molecule has 2 aliphatic heterocycles. The highest BCUT2D eigenvalue weighted by Gasteiger charge is 2.56. The van der Waals surface area contributed by atoms with Crippen LogP contribution in [-0.2, 0) is 20.0 Å². The molecule has 0 radical (unpaired) electrons. The van der Waals surface area contributed by atoms with Crippen molar-refractivity contribution in [3.05, 3.63) is 239 Å². The van der Waals surface area contributed by atoms with Crippen LogP contribution in [0.5, 0.6) is 23.0 Å². The van der Waals surface area contributed by atoms with Crippen LogP contribution in [0.4, 0.5) is 26.3 Å². The van der Waals surface area contributed by atoms with Crippen LogP contribution >= 0.6 is 15.3 Å². The maximum Gasteiger partial charge on any atom is 0.518 e. The molecule has 480 valence electrons. The normalized spacial score (nSPS) is 14.3. The number of aryl methyl sites for hydroxylation is 8. The smallest absolute Gasteiger partial charge is 0.417 e. The van der Waals surface area contributed by atoms with Gasteiger partial charge in [0, 0.05) is 44.5 Å².